The van der Waals surface area contributed by atoms with E-state index in [1.165, 1.54) is 6.26 Å². The molecular weight excluding hydrogens is 232 g/mol. The van der Waals surface area contributed by atoms with E-state index in [0.717, 1.165) is 24.9 Å². The number of ether oxygens (including phenoxy) is 1. The summed E-state index contributed by atoms with van der Waals surface area (Å²) in [6.45, 7) is 3.99. The van der Waals surface area contributed by atoms with Crippen LogP contribution in [0.25, 0.3) is 0 Å². The molecule has 18 heavy (non-hydrogen) atoms. The molecule has 2 heterocycles. The number of methoxy groups -OCH3 is 1. The highest BCUT2D eigenvalue weighted by Crippen LogP contribution is 2.19. The summed E-state index contributed by atoms with van der Waals surface area (Å²) < 4.78 is 10.4. The molecule has 0 aromatic carbocycles. The third-order valence-corrected chi connectivity index (χ3v) is 3.41. The average Bonchev–Trinajstić information content (AvgIpc) is 2.97. The first-order chi connectivity index (χ1) is 8.67. The Morgan fingerprint density at radius 3 is 3.06 bits per heavy atom. The number of rotatable bonds is 5. The van der Waals surface area contributed by atoms with Crippen molar-refractivity contribution in [1.29, 1.82) is 0 Å². The van der Waals surface area contributed by atoms with Gasteiger partial charge in [0.15, 0.2) is 5.76 Å². The highest BCUT2D eigenvalue weighted by molar-refractivity contribution is 5.92. The Hall–Kier alpha value is -1.33. The summed E-state index contributed by atoms with van der Waals surface area (Å²) in [5.41, 5.74) is 0.720. The molecule has 1 aliphatic rings. The Kier molecular flexibility index (Phi) is 4.04. The van der Waals surface area contributed by atoms with E-state index in [0.29, 0.717) is 18.9 Å². The Morgan fingerprint density at radius 1 is 1.67 bits per heavy atom. The molecule has 2 rings (SSSR count). The Bertz CT molecular complexity index is 408. The Balaban J connectivity index is 1.94. The zero-order valence-electron chi connectivity index (χ0n) is 10.9. The van der Waals surface area contributed by atoms with Gasteiger partial charge in [0.25, 0.3) is 5.91 Å². The van der Waals surface area contributed by atoms with Crippen LogP contribution >= 0.6 is 0 Å². The molecule has 5 nitrogen and oxygen atoms in total. The molecule has 1 fully saturated rings. The minimum absolute atomic E-state index is 0.134. The number of nitrogens with one attached hydrogen (secondary N) is 2. The van der Waals surface area contributed by atoms with Crippen LogP contribution in [0.1, 0.15) is 29.0 Å². The van der Waals surface area contributed by atoms with E-state index in [-0.39, 0.29) is 11.4 Å². The molecule has 0 radical (unpaired) electrons. The molecular formula is C13H20N2O3. The number of carbonyl (C=O) groups excluding carboxylic acids is 1. The molecule has 0 spiro atoms. The van der Waals surface area contributed by atoms with Crippen molar-refractivity contribution in [2.75, 3.05) is 26.8 Å². The van der Waals surface area contributed by atoms with Crippen LogP contribution in [-0.2, 0) is 4.74 Å². The minimum atomic E-state index is -0.165. The van der Waals surface area contributed by atoms with E-state index in [2.05, 4.69) is 10.6 Å². The number of amides is 1. The molecule has 0 bridgehead atoms. The fraction of sp³-hybridized carbons (Fsp3) is 0.615. The molecule has 1 saturated heterocycles. The van der Waals surface area contributed by atoms with Crippen molar-refractivity contribution >= 4 is 5.91 Å². The lowest BCUT2D eigenvalue weighted by Crippen LogP contribution is -2.53. The highest BCUT2D eigenvalue weighted by Gasteiger charge is 2.34. The van der Waals surface area contributed by atoms with Crippen molar-refractivity contribution in [2.45, 2.75) is 25.3 Å². The average molecular weight is 252 g/mol. The van der Waals surface area contributed by atoms with Crippen molar-refractivity contribution in [1.82, 2.24) is 10.6 Å². The van der Waals surface area contributed by atoms with Crippen molar-refractivity contribution < 1.29 is 13.9 Å². The first kappa shape index (κ1) is 13.1. The van der Waals surface area contributed by atoms with Gasteiger partial charge in [-0.15, -0.1) is 0 Å². The van der Waals surface area contributed by atoms with Crippen LogP contribution in [0.4, 0.5) is 0 Å². The van der Waals surface area contributed by atoms with Crippen molar-refractivity contribution in [2.24, 2.45) is 0 Å². The van der Waals surface area contributed by atoms with E-state index >= 15 is 0 Å². The van der Waals surface area contributed by atoms with Gasteiger partial charge in [-0.2, -0.15) is 0 Å². The molecule has 0 aliphatic carbocycles. The van der Waals surface area contributed by atoms with E-state index in [1.54, 1.807) is 13.2 Å². The maximum absolute atomic E-state index is 12.0. The standard InChI is InChI=1S/C13H20N2O3/c1-10-4-7-18-11(10)12(16)14-8-13(9-17-2)5-3-6-15-13/h4,7,15H,3,5-6,8-9H2,1-2H3,(H,14,16). The van der Waals surface area contributed by atoms with E-state index in [9.17, 15) is 4.79 Å². The van der Waals surface area contributed by atoms with E-state index < -0.39 is 0 Å². The Morgan fingerprint density at radius 2 is 2.50 bits per heavy atom. The van der Waals surface area contributed by atoms with Crippen molar-refractivity contribution in [3.63, 3.8) is 0 Å². The second-order valence-corrected chi connectivity index (χ2v) is 4.86. The Labute approximate surface area is 107 Å². The molecule has 1 aromatic rings. The van der Waals surface area contributed by atoms with E-state index in [1.807, 2.05) is 6.92 Å². The number of hydrogen-bond donors (Lipinski definition) is 2. The van der Waals surface area contributed by atoms with Gasteiger partial charge in [0.05, 0.1) is 18.4 Å². The third-order valence-electron chi connectivity index (χ3n) is 3.41. The maximum Gasteiger partial charge on any atom is 0.287 e. The monoisotopic (exact) mass is 252 g/mol. The second kappa shape index (κ2) is 5.54. The first-order valence-corrected chi connectivity index (χ1v) is 6.23. The molecule has 0 saturated carbocycles. The van der Waals surface area contributed by atoms with Gasteiger partial charge in [-0.25, -0.2) is 0 Å². The normalized spacial score (nSPS) is 23.2. The van der Waals surface area contributed by atoms with Crippen molar-refractivity contribution in [3.05, 3.63) is 23.7 Å². The third kappa shape index (κ3) is 2.73. The molecule has 1 aromatic heterocycles. The van der Waals surface area contributed by atoms with Gasteiger partial charge in [0.1, 0.15) is 0 Å². The van der Waals surface area contributed by atoms with Gasteiger partial charge in [-0.1, -0.05) is 0 Å². The van der Waals surface area contributed by atoms with Crippen LogP contribution in [0.3, 0.4) is 0 Å². The summed E-state index contributed by atoms with van der Waals surface area (Å²) in [7, 11) is 1.68. The molecule has 1 unspecified atom stereocenters. The molecule has 100 valence electrons. The summed E-state index contributed by atoms with van der Waals surface area (Å²) in [6, 6.07) is 1.79. The van der Waals surface area contributed by atoms with Crippen LogP contribution in [0.15, 0.2) is 16.7 Å². The van der Waals surface area contributed by atoms with Crippen LogP contribution in [0.2, 0.25) is 0 Å². The smallest absolute Gasteiger partial charge is 0.287 e. The van der Waals surface area contributed by atoms with Crippen LogP contribution in [0.5, 0.6) is 0 Å². The minimum Gasteiger partial charge on any atom is -0.459 e. The quantitative estimate of drug-likeness (QED) is 0.823. The summed E-state index contributed by atoms with van der Waals surface area (Å²) in [5.74, 6) is 0.224. The molecule has 1 amide bonds. The van der Waals surface area contributed by atoms with Gasteiger partial charge in [0.2, 0.25) is 0 Å². The number of hydrogen-bond acceptors (Lipinski definition) is 4. The van der Waals surface area contributed by atoms with Crippen molar-refractivity contribution in [3.8, 4) is 0 Å². The largest absolute Gasteiger partial charge is 0.459 e. The van der Waals surface area contributed by atoms with Crippen LogP contribution < -0.4 is 10.6 Å². The summed E-state index contributed by atoms with van der Waals surface area (Å²) in [4.78, 5) is 12.0. The predicted molar refractivity (Wildman–Crippen MR) is 67.6 cm³/mol. The van der Waals surface area contributed by atoms with Crippen LogP contribution in [-0.4, -0.2) is 38.3 Å². The zero-order valence-corrected chi connectivity index (χ0v) is 10.9. The van der Waals surface area contributed by atoms with Crippen LogP contribution in [0, 0.1) is 6.92 Å². The molecule has 2 N–H and O–H groups in total. The fourth-order valence-corrected chi connectivity index (χ4v) is 2.41. The molecule has 5 heteroatoms. The summed E-state index contributed by atoms with van der Waals surface area (Å²) >= 11 is 0. The first-order valence-electron chi connectivity index (χ1n) is 6.23. The lowest BCUT2D eigenvalue weighted by Gasteiger charge is -2.28. The van der Waals surface area contributed by atoms with Gasteiger partial charge in [-0.05, 0) is 32.4 Å². The summed E-state index contributed by atoms with van der Waals surface area (Å²) in [5, 5.41) is 6.33. The topological polar surface area (TPSA) is 63.5 Å². The van der Waals surface area contributed by atoms with Gasteiger partial charge >= 0.3 is 0 Å². The summed E-state index contributed by atoms with van der Waals surface area (Å²) in [6.07, 6.45) is 3.65. The molecule has 1 atom stereocenters. The fourth-order valence-electron chi connectivity index (χ4n) is 2.41. The number of aryl methyl sites for hydroxylation is 1. The zero-order chi connectivity index (χ0) is 13.0. The highest BCUT2D eigenvalue weighted by atomic mass is 16.5. The maximum atomic E-state index is 12.0. The van der Waals surface area contributed by atoms with Gasteiger partial charge < -0.3 is 19.8 Å². The predicted octanol–water partition coefficient (Wildman–Crippen LogP) is 1.09. The van der Waals surface area contributed by atoms with Gasteiger partial charge in [-0.3, -0.25) is 4.79 Å². The number of carbonyl (C=O) groups is 1. The lowest BCUT2D eigenvalue weighted by molar-refractivity contribution is 0.0866. The number of furan rings is 1. The molecule has 1 aliphatic heterocycles. The SMILES string of the molecule is COCC1(CNC(=O)c2occc2C)CCCN1. The lowest BCUT2D eigenvalue weighted by atomic mass is 9.98. The van der Waals surface area contributed by atoms with E-state index in [4.69, 9.17) is 9.15 Å². The second-order valence-electron chi connectivity index (χ2n) is 4.86. The van der Waals surface area contributed by atoms with Gasteiger partial charge in [0, 0.05) is 19.2 Å².